The number of aryl methyl sites for hydroxylation is 1. The fourth-order valence-corrected chi connectivity index (χ4v) is 3.45. The van der Waals surface area contributed by atoms with E-state index in [0.717, 1.165) is 0 Å². The summed E-state index contributed by atoms with van der Waals surface area (Å²) < 4.78 is 57.6. The van der Waals surface area contributed by atoms with Crippen LogP contribution in [0.15, 0.2) is 35.3 Å². The monoisotopic (exact) mass is 530 g/mol. The highest BCUT2D eigenvalue weighted by Crippen LogP contribution is 2.31. The van der Waals surface area contributed by atoms with E-state index >= 15 is 0 Å². The van der Waals surface area contributed by atoms with Crippen molar-refractivity contribution in [1.29, 1.82) is 0 Å². The second kappa shape index (κ2) is 13.5. The van der Waals surface area contributed by atoms with Crippen molar-refractivity contribution in [2.45, 2.75) is 40.2 Å². The molecule has 2 aromatic rings. The number of nitrogens with one attached hydrogen (secondary N) is 1. The second-order valence-electron chi connectivity index (χ2n) is 7.95. The van der Waals surface area contributed by atoms with Crippen LogP contribution in [0.2, 0.25) is 5.02 Å². The highest BCUT2D eigenvalue weighted by molar-refractivity contribution is 6.31. The van der Waals surface area contributed by atoms with Crippen LogP contribution in [-0.2, 0) is 16.1 Å². The molecule has 0 spiro atoms. The first kappa shape index (κ1) is 29.4. The molecule has 1 unspecified atom stereocenters. The van der Waals surface area contributed by atoms with Crippen molar-refractivity contribution in [1.82, 2.24) is 5.32 Å². The Bertz CT molecular complexity index is 1080. The molecule has 36 heavy (non-hydrogen) atoms. The van der Waals surface area contributed by atoms with E-state index in [1.165, 1.54) is 31.4 Å². The summed E-state index contributed by atoms with van der Waals surface area (Å²) in [6.45, 7) is 6.33. The summed E-state index contributed by atoms with van der Waals surface area (Å²) in [5.41, 5.74) is 1.62. The van der Waals surface area contributed by atoms with Gasteiger partial charge < -0.3 is 24.3 Å². The standard InChI is InChI=1S/C25H30ClF3N2O5/c1-6-15(2)23(30-21-8-7-19(11-16(21)3)36-25(27,28)29)31-24(32)20-13-18(26)12-17(22(20)34-5)14-35-10-9-33-4/h7-8,11-13,15H,6,9-10,14H2,1-5H3,(H,30,31,32). The third kappa shape index (κ3) is 8.69. The van der Waals surface area contributed by atoms with Gasteiger partial charge in [-0.25, -0.2) is 4.99 Å². The number of hydrogen-bond donors (Lipinski definition) is 1. The average molecular weight is 531 g/mol. The summed E-state index contributed by atoms with van der Waals surface area (Å²) in [7, 11) is 3.00. The smallest absolute Gasteiger partial charge is 0.496 e. The largest absolute Gasteiger partial charge is 0.573 e. The van der Waals surface area contributed by atoms with Crippen LogP contribution < -0.4 is 14.8 Å². The van der Waals surface area contributed by atoms with Crippen LogP contribution in [-0.4, -0.2) is 45.5 Å². The zero-order chi connectivity index (χ0) is 26.9. The van der Waals surface area contributed by atoms with Gasteiger partial charge >= 0.3 is 6.36 Å². The average Bonchev–Trinajstić information content (AvgIpc) is 2.81. The Morgan fingerprint density at radius 2 is 1.89 bits per heavy atom. The van der Waals surface area contributed by atoms with Crippen molar-refractivity contribution in [2.75, 3.05) is 27.4 Å². The number of nitrogens with zero attached hydrogens (tertiary/aromatic N) is 1. The predicted octanol–water partition coefficient (Wildman–Crippen LogP) is 6.22. The second-order valence-corrected chi connectivity index (χ2v) is 8.38. The summed E-state index contributed by atoms with van der Waals surface area (Å²) in [4.78, 5) is 17.8. The van der Waals surface area contributed by atoms with Crippen LogP contribution in [0.1, 0.15) is 41.8 Å². The molecule has 2 rings (SSSR count). The minimum absolute atomic E-state index is 0.158. The van der Waals surface area contributed by atoms with Gasteiger partial charge in [-0.05, 0) is 49.2 Å². The molecule has 0 aliphatic rings. The molecule has 1 atom stereocenters. The highest BCUT2D eigenvalue weighted by Gasteiger charge is 2.31. The van der Waals surface area contributed by atoms with Gasteiger partial charge in [-0.15, -0.1) is 13.2 Å². The summed E-state index contributed by atoms with van der Waals surface area (Å²) in [5, 5.41) is 3.14. The molecule has 0 heterocycles. The number of carbonyl (C=O) groups excluding carboxylic acids is 1. The Morgan fingerprint density at radius 1 is 1.17 bits per heavy atom. The SMILES string of the molecule is CCC(C)C(=Nc1ccc(OC(F)(F)F)cc1C)NC(=O)c1cc(Cl)cc(COCCOC)c1OC. The Morgan fingerprint density at radius 3 is 2.47 bits per heavy atom. The quantitative estimate of drug-likeness (QED) is 0.212. The number of aliphatic imine (C=N–C) groups is 1. The van der Waals surface area contributed by atoms with E-state index in [1.54, 1.807) is 20.1 Å². The zero-order valence-electron chi connectivity index (χ0n) is 20.8. The first-order valence-electron chi connectivity index (χ1n) is 11.2. The molecule has 11 heteroatoms. The van der Waals surface area contributed by atoms with Gasteiger partial charge in [0.2, 0.25) is 0 Å². The van der Waals surface area contributed by atoms with Crippen molar-refractivity contribution >= 4 is 29.0 Å². The van der Waals surface area contributed by atoms with E-state index in [2.05, 4.69) is 15.0 Å². The molecule has 0 saturated heterocycles. The van der Waals surface area contributed by atoms with Gasteiger partial charge in [0.05, 0.1) is 38.2 Å². The minimum atomic E-state index is -4.79. The number of rotatable bonds is 11. The number of benzene rings is 2. The summed E-state index contributed by atoms with van der Waals surface area (Å²) in [6, 6.07) is 6.95. The van der Waals surface area contributed by atoms with Crippen molar-refractivity contribution in [2.24, 2.45) is 10.9 Å². The molecule has 0 aliphatic carbocycles. The van der Waals surface area contributed by atoms with E-state index in [-0.39, 0.29) is 23.8 Å². The maximum absolute atomic E-state index is 13.3. The molecule has 0 saturated carbocycles. The molecule has 0 fully saturated rings. The lowest BCUT2D eigenvalue weighted by atomic mass is 10.1. The maximum Gasteiger partial charge on any atom is 0.573 e. The summed E-state index contributed by atoms with van der Waals surface area (Å²) in [6.07, 6.45) is -4.14. The molecule has 7 nitrogen and oxygen atoms in total. The van der Waals surface area contributed by atoms with Gasteiger partial charge in [0.25, 0.3) is 5.91 Å². The van der Waals surface area contributed by atoms with E-state index < -0.39 is 12.3 Å². The predicted molar refractivity (Wildman–Crippen MR) is 131 cm³/mol. The number of amidine groups is 1. The molecular weight excluding hydrogens is 501 g/mol. The fraction of sp³-hybridized carbons (Fsp3) is 0.440. The lowest BCUT2D eigenvalue weighted by Gasteiger charge is -2.18. The third-order valence-electron chi connectivity index (χ3n) is 5.23. The van der Waals surface area contributed by atoms with Crippen molar-refractivity contribution in [3.05, 3.63) is 52.0 Å². The van der Waals surface area contributed by atoms with E-state index in [1.807, 2.05) is 13.8 Å². The highest BCUT2D eigenvalue weighted by atomic mass is 35.5. The molecule has 1 amide bonds. The number of halogens is 4. The van der Waals surface area contributed by atoms with Crippen molar-refractivity contribution < 1.29 is 36.9 Å². The zero-order valence-corrected chi connectivity index (χ0v) is 21.5. The fourth-order valence-electron chi connectivity index (χ4n) is 3.21. The lowest BCUT2D eigenvalue weighted by molar-refractivity contribution is -0.274. The Labute approximate surface area is 213 Å². The number of methoxy groups -OCH3 is 2. The molecule has 0 radical (unpaired) electrons. The Balaban J connectivity index is 2.36. The number of hydrogen-bond acceptors (Lipinski definition) is 6. The Hall–Kier alpha value is -2.82. The summed E-state index contributed by atoms with van der Waals surface area (Å²) >= 11 is 6.26. The van der Waals surface area contributed by atoms with Crippen LogP contribution in [0.25, 0.3) is 0 Å². The first-order chi connectivity index (χ1) is 17.0. The van der Waals surface area contributed by atoms with Crippen LogP contribution in [0.4, 0.5) is 18.9 Å². The number of carbonyl (C=O) groups is 1. The van der Waals surface area contributed by atoms with Crippen LogP contribution in [0.3, 0.4) is 0 Å². The molecule has 1 N–H and O–H groups in total. The van der Waals surface area contributed by atoms with Gasteiger partial charge in [-0.2, -0.15) is 0 Å². The molecule has 0 aliphatic heterocycles. The molecule has 0 aromatic heterocycles. The maximum atomic E-state index is 13.3. The minimum Gasteiger partial charge on any atom is -0.496 e. The van der Waals surface area contributed by atoms with E-state index in [0.29, 0.717) is 53.1 Å². The molecule has 2 aromatic carbocycles. The number of amides is 1. The lowest BCUT2D eigenvalue weighted by Crippen LogP contribution is -2.35. The normalized spacial score (nSPS) is 12.9. The van der Waals surface area contributed by atoms with Crippen LogP contribution >= 0.6 is 11.6 Å². The molecular formula is C25H30ClF3N2O5. The first-order valence-corrected chi connectivity index (χ1v) is 11.6. The van der Waals surface area contributed by atoms with Crippen molar-refractivity contribution in [3.8, 4) is 11.5 Å². The molecule has 198 valence electrons. The van der Waals surface area contributed by atoms with Crippen LogP contribution in [0, 0.1) is 12.8 Å². The van der Waals surface area contributed by atoms with E-state index in [4.69, 9.17) is 25.8 Å². The molecule has 0 bridgehead atoms. The summed E-state index contributed by atoms with van der Waals surface area (Å²) in [5.74, 6) is -0.364. The van der Waals surface area contributed by atoms with Gasteiger partial charge in [0.1, 0.15) is 17.3 Å². The van der Waals surface area contributed by atoms with Gasteiger partial charge in [0, 0.05) is 23.6 Å². The van der Waals surface area contributed by atoms with Crippen LogP contribution in [0.5, 0.6) is 11.5 Å². The Kier molecular flexibility index (Phi) is 11.0. The number of alkyl halides is 3. The van der Waals surface area contributed by atoms with E-state index in [9.17, 15) is 18.0 Å². The third-order valence-corrected chi connectivity index (χ3v) is 5.45. The van der Waals surface area contributed by atoms with Crippen molar-refractivity contribution in [3.63, 3.8) is 0 Å². The van der Waals surface area contributed by atoms with Gasteiger partial charge in [-0.3, -0.25) is 4.79 Å². The van der Waals surface area contributed by atoms with Gasteiger partial charge in [0.15, 0.2) is 0 Å². The van der Waals surface area contributed by atoms with Gasteiger partial charge in [-0.1, -0.05) is 25.4 Å². The topological polar surface area (TPSA) is 78.4 Å². The number of ether oxygens (including phenoxy) is 4.